The average Bonchev–Trinajstić information content (AvgIpc) is 2.75. The fourth-order valence-corrected chi connectivity index (χ4v) is 3.59. The first-order chi connectivity index (χ1) is 11.4. The lowest BCUT2D eigenvalue weighted by Crippen LogP contribution is -2.54. The monoisotopic (exact) mass is 394 g/mol. The van der Waals surface area contributed by atoms with E-state index in [2.05, 4.69) is 31.9 Å². The minimum Gasteiger partial charge on any atom is -0.324 e. The summed E-state index contributed by atoms with van der Waals surface area (Å²) in [6.07, 6.45) is 1.09. The van der Waals surface area contributed by atoms with Crippen LogP contribution in [0.15, 0.2) is 22.7 Å². The van der Waals surface area contributed by atoms with Crippen LogP contribution in [0, 0.1) is 6.92 Å². The molecule has 128 valence electrons. The SMILES string of the molecule is Cc1cc(Br)ccc1NC(=O)CN1C(=O)NC2(CCNCC2)C1=O. The fourth-order valence-electron chi connectivity index (χ4n) is 3.11. The first kappa shape index (κ1) is 16.9. The number of hydrogen-bond donors (Lipinski definition) is 3. The van der Waals surface area contributed by atoms with Gasteiger partial charge in [-0.2, -0.15) is 0 Å². The summed E-state index contributed by atoms with van der Waals surface area (Å²) >= 11 is 3.37. The second kappa shape index (κ2) is 6.52. The van der Waals surface area contributed by atoms with Crippen LogP contribution >= 0.6 is 15.9 Å². The third-order valence-corrected chi connectivity index (χ3v) is 4.96. The average molecular weight is 395 g/mol. The van der Waals surface area contributed by atoms with E-state index in [9.17, 15) is 14.4 Å². The Morgan fingerprint density at radius 2 is 2.04 bits per heavy atom. The predicted octanol–water partition coefficient (Wildman–Crippen LogP) is 1.37. The van der Waals surface area contributed by atoms with Gasteiger partial charge in [-0.25, -0.2) is 4.79 Å². The topological polar surface area (TPSA) is 90.5 Å². The lowest BCUT2D eigenvalue weighted by molar-refractivity contribution is -0.134. The van der Waals surface area contributed by atoms with Crippen LogP contribution in [-0.2, 0) is 9.59 Å². The largest absolute Gasteiger partial charge is 0.325 e. The van der Waals surface area contributed by atoms with Crippen molar-refractivity contribution in [3.63, 3.8) is 0 Å². The number of imide groups is 1. The molecule has 0 atom stereocenters. The Kier molecular flexibility index (Phi) is 4.60. The molecule has 8 heteroatoms. The van der Waals surface area contributed by atoms with E-state index in [1.165, 1.54) is 0 Å². The van der Waals surface area contributed by atoms with Crippen molar-refractivity contribution in [1.82, 2.24) is 15.5 Å². The van der Waals surface area contributed by atoms with Crippen LogP contribution in [0.25, 0.3) is 0 Å². The number of piperidine rings is 1. The molecule has 0 bridgehead atoms. The highest BCUT2D eigenvalue weighted by Crippen LogP contribution is 2.27. The molecule has 2 fully saturated rings. The number of amides is 4. The number of benzene rings is 1. The van der Waals surface area contributed by atoms with E-state index in [0.29, 0.717) is 31.6 Å². The van der Waals surface area contributed by atoms with Crippen LogP contribution in [0.1, 0.15) is 18.4 Å². The molecule has 3 rings (SSSR count). The van der Waals surface area contributed by atoms with E-state index < -0.39 is 17.5 Å². The number of hydrogen-bond acceptors (Lipinski definition) is 4. The summed E-state index contributed by atoms with van der Waals surface area (Å²) < 4.78 is 0.917. The van der Waals surface area contributed by atoms with Crippen molar-refractivity contribution in [1.29, 1.82) is 0 Å². The van der Waals surface area contributed by atoms with Gasteiger partial charge >= 0.3 is 6.03 Å². The molecular weight excluding hydrogens is 376 g/mol. The van der Waals surface area contributed by atoms with Gasteiger partial charge in [0, 0.05) is 10.2 Å². The summed E-state index contributed by atoms with van der Waals surface area (Å²) in [6.45, 7) is 2.93. The van der Waals surface area contributed by atoms with Gasteiger partial charge in [0.15, 0.2) is 0 Å². The maximum atomic E-state index is 12.6. The summed E-state index contributed by atoms with van der Waals surface area (Å²) in [4.78, 5) is 38.0. The normalized spacial score (nSPS) is 19.5. The Labute approximate surface area is 148 Å². The molecular formula is C16H19BrN4O3. The van der Waals surface area contributed by atoms with Crippen molar-refractivity contribution in [2.75, 3.05) is 25.0 Å². The van der Waals surface area contributed by atoms with E-state index in [4.69, 9.17) is 0 Å². The minimum atomic E-state index is -0.851. The molecule has 0 aliphatic carbocycles. The molecule has 2 aliphatic heterocycles. The van der Waals surface area contributed by atoms with E-state index >= 15 is 0 Å². The van der Waals surface area contributed by atoms with Crippen molar-refractivity contribution in [2.24, 2.45) is 0 Å². The standard InChI is InChI=1S/C16H19BrN4O3/c1-10-8-11(17)2-3-12(10)19-13(22)9-21-14(23)16(20-15(21)24)4-6-18-7-5-16/h2-3,8,18H,4-7,9H2,1H3,(H,19,22)(H,20,24). The Hall–Kier alpha value is -1.93. The van der Waals surface area contributed by atoms with E-state index in [0.717, 1.165) is 14.9 Å². The highest BCUT2D eigenvalue weighted by Gasteiger charge is 2.51. The molecule has 0 unspecified atom stereocenters. The number of urea groups is 1. The molecule has 0 aromatic heterocycles. The van der Waals surface area contributed by atoms with E-state index in [1.54, 1.807) is 6.07 Å². The van der Waals surface area contributed by atoms with Gasteiger partial charge in [-0.1, -0.05) is 15.9 Å². The van der Waals surface area contributed by atoms with Gasteiger partial charge in [0.1, 0.15) is 12.1 Å². The zero-order valence-corrected chi connectivity index (χ0v) is 14.9. The highest BCUT2D eigenvalue weighted by atomic mass is 79.9. The van der Waals surface area contributed by atoms with Crippen LogP contribution in [0.4, 0.5) is 10.5 Å². The van der Waals surface area contributed by atoms with Gasteiger partial charge < -0.3 is 16.0 Å². The molecule has 2 heterocycles. The molecule has 24 heavy (non-hydrogen) atoms. The first-order valence-electron chi connectivity index (χ1n) is 7.82. The van der Waals surface area contributed by atoms with Gasteiger partial charge in [-0.05, 0) is 56.6 Å². The molecule has 1 aromatic carbocycles. The van der Waals surface area contributed by atoms with Crippen molar-refractivity contribution in [3.8, 4) is 0 Å². The molecule has 4 amide bonds. The van der Waals surface area contributed by atoms with Gasteiger partial charge in [0.05, 0.1) is 0 Å². The number of carbonyl (C=O) groups excluding carboxylic acids is 3. The summed E-state index contributed by atoms with van der Waals surface area (Å²) in [7, 11) is 0. The molecule has 0 saturated carbocycles. The number of aryl methyl sites for hydroxylation is 1. The molecule has 2 aliphatic rings. The molecule has 0 radical (unpaired) electrons. The number of nitrogens with one attached hydrogen (secondary N) is 3. The summed E-state index contributed by atoms with van der Waals surface area (Å²) in [5.74, 6) is -0.702. The van der Waals surface area contributed by atoms with Crippen molar-refractivity contribution < 1.29 is 14.4 Å². The summed E-state index contributed by atoms with van der Waals surface area (Å²) in [5, 5.41) is 8.68. The van der Waals surface area contributed by atoms with Crippen molar-refractivity contribution in [3.05, 3.63) is 28.2 Å². The summed E-state index contributed by atoms with van der Waals surface area (Å²) in [5.41, 5.74) is 0.701. The molecule has 1 aromatic rings. The second-order valence-corrected chi connectivity index (χ2v) is 7.08. The maximum absolute atomic E-state index is 12.6. The molecule has 2 saturated heterocycles. The van der Waals surface area contributed by atoms with E-state index in [-0.39, 0.29) is 12.5 Å². The zero-order chi connectivity index (χ0) is 17.3. The Bertz CT molecular complexity index is 701. The molecule has 1 spiro atoms. The number of halogens is 1. The van der Waals surface area contributed by atoms with Gasteiger partial charge in [0.2, 0.25) is 5.91 Å². The van der Waals surface area contributed by atoms with Crippen LogP contribution in [0.2, 0.25) is 0 Å². The predicted molar refractivity (Wildman–Crippen MR) is 92.6 cm³/mol. The third kappa shape index (κ3) is 3.16. The maximum Gasteiger partial charge on any atom is 0.325 e. The van der Waals surface area contributed by atoms with Crippen LogP contribution in [0.5, 0.6) is 0 Å². The first-order valence-corrected chi connectivity index (χ1v) is 8.61. The van der Waals surface area contributed by atoms with Gasteiger partial charge in [0.25, 0.3) is 5.91 Å². The van der Waals surface area contributed by atoms with E-state index in [1.807, 2.05) is 19.1 Å². The van der Waals surface area contributed by atoms with Crippen molar-refractivity contribution in [2.45, 2.75) is 25.3 Å². The summed E-state index contributed by atoms with van der Waals surface area (Å²) in [6, 6.07) is 4.98. The fraction of sp³-hybridized carbons (Fsp3) is 0.438. The molecule has 3 N–H and O–H groups in total. The smallest absolute Gasteiger partial charge is 0.324 e. The Balaban J connectivity index is 1.68. The van der Waals surface area contributed by atoms with Crippen LogP contribution in [-0.4, -0.2) is 47.9 Å². The number of anilines is 1. The number of rotatable bonds is 3. The number of carbonyl (C=O) groups is 3. The zero-order valence-electron chi connectivity index (χ0n) is 13.3. The minimum absolute atomic E-state index is 0.282. The van der Waals surface area contributed by atoms with Gasteiger partial charge in [-0.3, -0.25) is 14.5 Å². The van der Waals surface area contributed by atoms with Crippen LogP contribution in [0.3, 0.4) is 0 Å². The highest BCUT2D eigenvalue weighted by molar-refractivity contribution is 9.10. The quantitative estimate of drug-likeness (QED) is 0.675. The number of nitrogens with zero attached hydrogens (tertiary/aromatic N) is 1. The molecule has 7 nitrogen and oxygen atoms in total. The second-order valence-electron chi connectivity index (χ2n) is 6.16. The van der Waals surface area contributed by atoms with Crippen molar-refractivity contribution >= 4 is 39.5 Å². The van der Waals surface area contributed by atoms with Crippen LogP contribution < -0.4 is 16.0 Å². The third-order valence-electron chi connectivity index (χ3n) is 4.47. The Morgan fingerprint density at radius 3 is 2.71 bits per heavy atom. The Morgan fingerprint density at radius 1 is 1.33 bits per heavy atom. The lowest BCUT2D eigenvalue weighted by atomic mass is 9.88. The van der Waals surface area contributed by atoms with Gasteiger partial charge in [-0.15, -0.1) is 0 Å². The lowest BCUT2D eigenvalue weighted by Gasteiger charge is -2.31.